The van der Waals surface area contributed by atoms with E-state index in [2.05, 4.69) is 5.32 Å². The molecule has 0 bridgehead atoms. The Morgan fingerprint density at radius 2 is 1.81 bits per heavy atom. The predicted octanol–water partition coefficient (Wildman–Crippen LogP) is 2.72. The number of hydrogen-bond donors (Lipinski definition) is 1. The van der Waals surface area contributed by atoms with E-state index in [9.17, 15) is 13.2 Å². The first-order chi connectivity index (χ1) is 12.7. The summed E-state index contributed by atoms with van der Waals surface area (Å²) in [4.78, 5) is 14.3. The van der Waals surface area contributed by atoms with E-state index in [1.807, 2.05) is 25.1 Å². The molecule has 1 heterocycles. The van der Waals surface area contributed by atoms with Crippen molar-refractivity contribution >= 4 is 15.9 Å². The standard InChI is InChI=1S/C19H22N2O5S/c1-13(15-5-7-16(8-6-15)27(3,23)24)20-19(22)21(2)11-14-4-9-17-18(10-14)26-12-25-17/h4-10,13H,11-12H2,1-3H3,(H,20,22). The Bertz CT molecular complexity index is 941. The van der Waals surface area contributed by atoms with Crippen molar-refractivity contribution in [3.63, 3.8) is 0 Å². The molecule has 1 N–H and O–H groups in total. The molecule has 0 aliphatic carbocycles. The Balaban J connectivity index is 1.60. The van der Waals surface area contributed by atoms with Crippen LogP contribution in [0.4, 0.5) is 4.79 Å². The lowest BCUT2D eigenvalue weighted by Crippen LogP contribution is -2.38. The van der Waals surface area contributed by atoms with Crippen LogP contribution in [0.25, 0.3) is 0 Å². The highest BCUT2D eigenvalue weighted by molar-refractivity contribution is 7.90. The largest absolute Gasteiger partial charge is 0.454 e. The van der Waals surface area contributed by atoms with Gasteiger partial charge in [0.25, 0.3) is 0 Å². The second-order valence-corrected chi connectivity index (χ2v) is 8.57. The summed E-state index contributed by atoms with van der Waals surface area (Å²) >= 11 is 0. The monoisotopic (exact) mass is 390 g/mol. The number of fused-ring (bicyclic) bond motifs is 1. The molecule has 0 aromatic heterocycles. The summed E-state index contributed by atoms with van der Waals surface area (Å²) in [5.74, 6) is 1.39. The zero-order valence-corrected chi connectivity index (χ0v) is 16.2. The van der Waals surface area contributed by atoms with E-state index in [0.717, 1.165) is 17.4 Å². The number of ether oxygens (including phenoxy) is 2. The molecule has 1 aliphatic rings. The number of amides is 2. The van der Waals surface area contributed by atoms with Crippen LogP contribution >= 0.6 is 0 Å². The van der Waals surface area contributed by atoms with Gasteiger partial charge in [-0.1, -0.05) is 18.2 Å². The van der Waals surface area contributed by atoms with Gasteiger partial charge in [-0.05, 0) is 42.3 Å². The van der Waals surface area contributed by atoms with Crippen LogP contribution < -0.4 is 14.8 Å². The van der Waals surface area contributed by atoms with E-state index in [4.69, 9.17) is 9.47 Å². The Labute approximate surface area is 158 Å². The van der Waals surface area contributed by atoms with Crippen molar-refractivity contribution in [2.45, 2.75) is 24.4 Å². The van der Waals surface area contributed by atoms with Crippen molar-refractivity contribution in [3.8, 4) is 11.5 Å². The first-order valence-corrected chi connectivity index (χ1v) is 10.3. The molecule has 1 aliphatic heterocycles. The quantitative estimate of drug-likeness (QED) is 0.849. The van der Waals surface area contributed by atoms with Gasteiger partial charge in [0.2, 0.25) is 6.79 Å². The summed E-state index contributed by atoms with van der Waals surface area (Å²) in [6, 6.07) is 11.6. The van der Waals surface area contributed by atoms with Gasteiger partial charge in [0.15, 0.2) is 21.3 Å². The molecule has 1 atom stereocenters. The fraction of sp³-hybridized carbons (Fsp3) is 0.316. The third-order valence-electron chi connectivity index (χ3n) is 4.35. The van der Waals surface area contributed by atoms with Crippen LogP contribution in [-0.4, -0.2) is 39.4 Å². The van der Waals surface area contributed by atoms with Crippen molar-refractivity contribution < 1.29 is 22.7 Å². The molecule has 27 heavy (non-hydrogen) atoms. The molecule has 144 valence electrons. The number of nitrogens with one attached hydrogen (secondary N) is 1. The highest BCUT2D eigenvalue weighted by Crippen LogP contribution is 2.32. The van der Waals surface area contributed by atoms with Gasteiger partial charge in [-0.15, -0.1) is 0 Å². The Morgan fingerprint density at radius 1 is 1.15 bits per heavy atom. The molecular formula is C19H22N2O5S. The lowest BCUT2D eigenvalue weighted by atomic mass is 10.1. The Kier molecular flexibility index (Phi) is 5.27. The lowest BCUT2D eigenvalue weighted by molar-refractivity contribution is 0.174. The summed E-state index contributed by atoms with van der Waals surface area (Å²) in [6.45, 7) is 2.48. The highest BCUT2D eigenvalue weighted by atomic mass is 32.2. The lowest BCUT2D eigenvalue weighted by Gasteiger charge is -2.22. The average Bonchev–Trinajstić information content (AvgIpc) is 3.08. The zero-order valence-electron chi connectivity index (χ0n) is 15.4. The molecule has 0 saturated heterocycles. The normalized spacial score (nSPS) is 13.9. The first-order valence-electron chi connectivity index (χ1n) is 8.44. The van der Waals surface area contributed by atoms with Crippen LogP contribution in [0, 0.1) is 0 Å². The van der Waals surface area contributed by atoms with Crippen molar-refractivity contribution in [1.29, 1.82) is 0 Å². The molecule has 1 unspecified atom stereocenters. The molecule has 2 amide bonds. The van der Waals surface area contributed by atoms with E-state index in [0.29, 0.717) is 18.0 Å². The molecule has 2 aromatic carbocycles. The molecule has 0 saturated carbocycles. The van der Waals surface area contributed by atoms with Crippen molar-refractivity contribution in [2.75, 3.05) is 20.1 Å². The van der Waals surface area contributed by atoms with Crippen molar-refractivity contribution in [3.05, 3.63) is 53.6 Å². The van der Waals surface area contributed by atoms with Gasteiger partial charge in [0.05, 0.1) is 10.9 Å². The summed E-state index contributed by atoms with van der Waals surface area (Å²) in [5, 5.41) is 2.91. The minimum Gasteiger partial charge on any atom is -0.454 e. The molecule has 0 spiro atoms. The van der Waals surface area contributed by atoms with Crippen LogP contribution in [0.1, 0.15) is 24.1 Å². The van der Waals surface area contributed by atoms with Crippen LogP contribution in [0.5, 0.6) is 11.5 Å². The van der Waals surface area contributed by atoms with E-state index in [1.54, 1.807) is 36.2 Å². The average molecular weight is 390 g/mol. The van der Waals surface area contributed by atoms with Crippen LogP contribution in [0.3, 0.4) is 0 Å². The van der Waals surface area contributed by atoms with Crippen LogP contribution in [0.2, 0.25) is 0 Å². The maximum Gasteiger partial charge on any atom is 0.317 e. The number of rotatable bonds is 5. The van der Waals surface area contributed by atoms with Crippen molar-refractivity contribution in [1.82, 2.24) is 10.2 Å². The second-order valence-electron chi connectivity index (χ2n) is 6.56. The fourth-order valence-electron chi connectivity index (χ4n) is 2.77. The SMILES string of the molecule is CC(NC(=O)N(C)Cc1ccc2c(c1)OCO2)c1ccc(S(C)(=O)=O)cc1. The third-order valence-corrected chi connectivity index (χ3v) is 5.48. The molecule has 0 fully saturated rings. The molecule has 2 aromatic rings. The van der Waals surface area contributed by atoms with E-state index >= 15 is 0 Å². The Hall–Kier alpha value is -2.74. The summed E-state index contributed by atoms with van der Waals surface area (Å²) in [7, 11) is -1.53. The molecule has 8 heteroatoms. The van der Waals surface area contributed by atoms with Gasteiger partial charge in [0, 0.05) is 19.8 Å². The Morgan fingerprint density at radius 3 is 2.48 bits per heavy atom. The first kappa shape index (κ1) is 19.0. The number of carbonyl (C=O) groups is 1. The number of nitrogens with zero attached hydrogens (tertiary/aromatic N) is 1. The summed E-state index contributed by atoms with van der Waals surface area (Å²) < 4.78 is 33.7. The number of urea groups is 1. The third kappa shape index (κ3) is 4.51. The minimum atomic E-state index is -3.24. The number of benzene rings is 2. The van der Waals surface area contributed by atoms with E-state index in [1.165, 1.54) is 0 Å². The van der Waals surface area contributed by atoms with Gasteiger partial charge in [-0.3, -0.25) is 0 Å². The maximum atomic E-state index is 12.5. The van der Waals surface area contributed by atoms with Gasteiger partial charge >= 0.3 is 6.03 Å². The minimum absolute atomic E-state index is 0.213. The molecule has 3 rings (SSSR count). The van der Waals surface area contributed by atoms with Crippen LogP contribution in [0.15, 0.2) is 47.4 Å². The van der Waals surface area contributed by atoms with Gasteiger partial charge < -0.3 is 19.7 Å². The summed E-state index contributed by atoms with van der Waals surface area (Å²) in [5.41, 5.74) is 1.76. The zero-order chi connectivity index (χ0) is 19.6. The molecule has 7 nitrogen and oxygen atoms in total. The smallest absolute Gasteiger partial charge is 0.317 e. The van der Waals surface area contributed by atoms with Gasteiger partial charge in [-0.25, -0.2) is 13.2 Å². The number of hydrogen-bond acceptors (Lipinski definition) is 5. The predicted molar refractivity (Wildman–Crippen MR) is 101 cm³/mol. The molecule has 0 radical (unpaired) electrons. The number of sulfone groups is 1. The van der Waals surface area contributed by atoms with Gasteiger partial charge in [-0.2, -0.15) is 0 Å². The van der Waals surface area contributed by atoms with E-state index in [-0.39, 0.29) is 23.8 Å². The number of carbonyl (C=O) groups excluding carboxylic acids is 1. The topological polar surface area (TPSA) is 84.9 Å². The highest BCUT2D eigenvalue weighted by Gasteiger charge is 2.17. The van der Waals surface area contributed by atoms with E-state index < -0.39 is 9.84 Å². The van der Waals surface area contributed by atoms with Gasteiger partial charge in [0.1, 0.15) is 0 Å². The fourth-order valence-corrected chi connectivity index (χ4v) is 3.40. The second kappa shape index (κ2) is 7.48. The van der Waals surface area contributed by atoms with Crippen LogP contribution in [-0.2, 0) is 16.4 Å². The van der Waals surface area contributed by atoms with Crippen molar-refractivity contribution in [2.24, 2.45) is 0 Å². The molecular weight excluding hydrogens is 368 g/mol. The maximum absolute atomic E-state index is 12.5. The summed E-state index contributed by atoms with van der Waals surface area (Å²) in [6.07, 6.45) is 1.16.